The van der Waals surface area contributed by atoms with Crippen molar-refractivity contribution < 1.29 is 18.0 Å². The Morgan fingerprint density at radius 2 is 1.85 bits per heavy atom. The minimum absolute atomic E-state index is 0.141. The molecule has 1 N–H and O–H groups in total. The van der Waals surface area contributed by atoms with Gasteiger partial charge in [-0.1, -0.05) is 24.3 Å². The van der Waals surface area contributed by atoms with Gasteiger partial charge >= 0.3 is 0 Å². The Morgan fingerprint density at radius 1 is 1.15 bits per heavy atom. The molecule has 1 aliphatic rings. The van der Waals surface area contributed by atoms with E-state index in [0.717, 1.165) is 36.0 Å². The average molecular weight is 497 g/mol. The van der Waals surface area contributed by atoms with Crippen LogP contribution in [0.1, 0.15) is 18.4 Å². The molecular formula is C24H24N4O4S2. The topological polar surface area (TPSA) is 99.7 Å². The van der Waals surface area contributed by atoms with Gasteiger partial charge in [0.2, 0.25) is 21.8 Å². The zero-order valence-corrected chi connectivity index (χ0v) is 20.4. The van der Waals surface area contributed by atoms with Crippen molar-refractivity contribution in [1.29, 1.82) is 0 Å². The molecule has 1 saturated heterocycles. The lowest BCUT2D eigenvalue weighted by Gasteiger charge is -2.16. The Balaban J connectivity index is 1.36. The molecular weight excluding hydrogens is 472 g/mol. The van der Waals surface area contributed by atoms with E-state index in [-0.39, 0.29) is 11.8 Å². The molecule has 34 heavy (non-hydrogen) atoms. The van der Waals surface area contributed by atoms with E-state index in [1.165, 1.54) is 28.8 Å². The average Bonchev–Trinajstić information content (AvgIpc) is 3.46. The predicted molar refractivity (Wildman–Crippen MR) is 136 cm³/mol. The first-order valence-electron chi connectivity index (χ1n) is 10.6. The van der Waals surface area contributed by atoms with Gasteiger partial charge in [0.1, 0.15) is 0 Å². The van der Waals surface area contributed by atoms with Crippen LogP contribution >= 0.6 is 11.3 Å². The Bertz CT molecular complexity index is 1330. The summed E-state index contributed by atoms with van der Waals surface area (Å²) in [5.41, 5.74) is 3.78. The Labute approximate surface area is 202 Å². The first-order valence-corrected chi connectivity index (χ1v) is 13.3. The number of nitrogens with one attached hydrogen (secondary N) is 1. The molecule has 0 spiro atoms. The first-order chi connectivity index (χ1) is 16.2. The van der Waals surface area contributed by atoms with E-state index in [2.05, 4.69) is 10.3 Å². The van der Waals surface area contributed by atoms with Gasteiger partial charge in [-0.25, -0.2) is 13.4 Å². The highest BCUT2D eigenvalue weighted by atomic mass is 32.2. The van der Waals surface area contributed by atoms with Gasteiger partial charge in [0, 0.05) is 42.7 Å². The number of aromatic nitrogens is 1. The second-order valence-electron chi connectivity index (χ2n) is 7.88. The molecule has 0 radical (unpaired) electrons. The molecule has 0 saturated carbocycles. The van der Waals surface area contributed by atoms with Crippen molar-refractivity contribution in [2.45, 2.75) is 12.8 Å². The lowest BCUT2D eigenvalue weighted by atomic mass is 10.1. The van der Waals surface area contributed by atoms with Gasteiger partial charge in [0.15, 0.2) is 5.13 Å². The fourth-order valence-electron chi connectivity index (χ4n) is 3.50. The highest BCUT2D eigenvalue weighted by molar-refractivity contribution is 7.92. The first kappa shape index (κ1) is 23.7. The summed E-state index contributed by atoms with van der Waals surface area (Å²) >= 11 is 1.30. The number of nitrogens with zero attached hydrogens (tertiary/aromatic N) is 3. The minimum atomic E-state index is -3.33. The molecule has 0 atom stereocenters. The molecule has 1 aromatic heterocycles. The molecule has 2 amide bonds. The van der Waals surface area contributed by atoms with Crippen molar-refractivity contribution in [3.8, 4) is 11.3 Å². The Morgan fingerprint density at radius 3 is 2.47 bits per heavy atom. The number of hydrogen-bond donors (Lipinski definition) is 1. The monoisotopic (exact) mass is 496 g/mol. The van der Waals surface area contributed by atoms with Crippen LogP contribution in [0.25, 0.3) is 17.3 Å². The second-order valence-corrected chi connectivity index (χ2v) is 10.8. The van der Waals surface area contributed by atoms with E-state index < -0.39 is 10.0 Å². The van der Waals surface area contributed by atoms with Crippen LogP contribution < -0.4 is 14.5 Å². The highest BCUT2D eigenvalue weighted by Crippen LogP contribution is 2.27. The van der Waals surface area contributed by atoms with Crippen molar-refractivity contribution in [2.24, 2.45) is 0 Å². The van der Waals surface area contributed by atoms with E-state index in [0.29, 0.717) is 22.9 Å². The molecule has 176 valence electrons. The zero-order valence-electron chi connectivity index (χ0n) is 18.8. The summed E-state index contributed by atoms with van der Waals surface area (Å²) in [6.45, 7) is 0.744. The van der Waals surface area contributed by atoms with Crippen molar-refractivity contribution in [2.75, 3.05) is 34.4 Å². The molecule has 2 aromatic carbocycles. The zero-order chi connectivity index (χ0) is 24.3. The second kappa shape index (κ2) is 9.78. The number of rotatable bonds is 7. The van der Waals surface area contributed by atoms with E-state index in [1.807, 2.05) is 29.6 Å². The summed E-state index contributed by atoms with van der Waals surface area (Å²) in [5, 5.41) is 5.04. The number of amides is 2. The molecule has 2 heterocycles. The molecule has 0 bridgehead atoms. The van der Waals surface area contributed by atoms with Crippen molar-refractivity contribution in [1.82, 2.24) is 4.98 Å². The van der Waals surface area contributed by atoms with Gasteiger partial charge in [-0.05, 0) is 42.3 Å². The maximum Gasteiger partial charge on any atom is 0.250 e. The van der Waals surface area contributed by atoms with Crippen LogP contribution in [0, 0.1) is 0 Å². The van der Waals surface area contributed by atoms with Gasteiger partial charge in [-0.15, -0.1) is 11.3 Å². The van der Waals surface area contributed by atoms with Crippen LogP contribution in [0.4, 0.5) is 16.5 Å². The third-order valence-electron chi connectivity index (χ3n) is 5.46. The lowest BCUT2D eigenvalue weighted by Crippen LogP contribution is -2.24. The number of hydrogen-bond acceptors (Lipinski definition) is 6. The molecule has 4 rings (SSSR count). The summed E-state index contributed by atoms with van der Waals surface area (Å²) in [6.07, 6.45) is 5.76. The third-order valence-corrected chi connectivity index (χ3v) is 7.43. The summed E-state index contributed by atoms with van der Waals surface area (Å²) in [6, 6.07) is 14.5. The van der Waals surface area contributed by atoms with E-state index in [1.54, 1.807) is 35.2 Å². The highest BCUT2D eigenvalue weighted by Gasteiger charge is 2.21. The third kappa shape index (κ3) is 5.52. The van der Waals surface area contributed by atoms with Crippen LogP contribution in [0.2, 0.25) is 0 Å². The smallest absolute Gasteiger partial charge is 0.250 e. The number of sulfonamides is 1. The number of carbonyl (C=O) groups excluding carboxylic acids is 2. The lowest BCUT2D eigenvalue weighted by molar-refractivity contribution is -0.117. The molecule has 0 aliphatic carbocycles. The van der Waals surface area contributed by atoms with Crippen LogP contribution in [0.15, 0.2) is 60.0 Å². The molecule has 0 unspecified atom stereocenters. The molecule has 3 aromatic rings. The normalized spacial score (nSPS) is 14.1. The van der Waals surface area contributed by atoms with E-state index in [4.69, 9.17) is 0 Å². The molecule has 1 aliphatic heterocycles. The Hall–Kier alpha value is -3.50. The Kier molecular flexibility index (Phi) is 6.80. The van der Waals surface area contributed by atoms with E-state index >= 15 is 0 Å². The standard InChI is InChI=1S/C24H24N4O4S2/c1-27(34(2,31)32)19-12-8-18(9-13-19)21-16-33-24(25-21)26-22(29)14-7-17-5-10-20(11-6-17)28-15-3-4-23(28)30/h5-14,16H,3-4,15H2,1-2H3,(H,25,26,29)/b14-7+. The summed E-state index contributed by atoms with van der Waals surface area (Å²) in [4.78, 5) is 30.4. The molecule has 10 heteroatoms. The molecule has 1 fully saturated rings. The van der Waals surface area contributed by atoms with E-state index in [9.17, 15) is 18.0 Å². The number of benzene rings is 2. The number of thiazole rings is 1. The van der Waals surface area contributed by atoms with Crippen LogP contribution in [0.5, 0.6) is 0 Å². The van der Waals surface area contributed by atoms with Crippen molar-refractivity contribution in [3.63, 3.8) is 0 Å². The summed E-state index contributed by atoms with van der Waals surface area (Å²) < 4.78 is 24.5. The van der Waals surface area contributed by atoms with Crippen molar-refractivity contribution >= 4 is 55.8 Å². The molecule has 8 nitrogen and oxygen atoms in total. The summed E-state index contributed by atoms with van der Waals surface area (Å²) in [7, 11) is -1.83. The largest absolute Gasteiger partial charge is 0.312 e. The van der Waals surface area contributed by atoms with Gasteiger partial charge in [0.25, 0.3) is 0 Å². The SMILES string of the molecule is CN(c1ccc(-c2csc(NC(=O)/C=C/c3ccc(N4CCCC4=O)cc3)n2)cc1)S(C)(=O)=O. The predicted octanol–water partition coefficient (Wildman–Crippen LogP) is 3.98. The number of carbonyl (C=O) groups is 2. The fourth-order valence-corrected chi connectivity index (χ4v) is 4.73. The minimum Gasteiger partial charge on any atom is -0.312 e. The van der Waals surface area contributed by atoms with Gasteiger partial charge in [-0.2, -0.15) is 0 Å². The summed E-state index contributed by atoms with van der Waals surface area (Å²) in [5.74, 6) is -0.160. The van der Waals surface area contributed by atoms with Gasteiger partial charge in [0.05, 0.1) is 17.6 Å². The number of anilines is 3. The maximum atomic E-state index is 12.3. The van der Waals surface area contributed by atoms with Crippen molar-refractivity contribution in [3.05, 3.63) is 65.6 Å². The van der Waals surface area contributed by atoms with Gasteiger partial charge in [-0.3, -0.25) is 19.2 Å². The van der Waals surface area contributed by atoms with Crippen LogP contribution in [-0.4, -0.2) is 45.1 Å². The van der Waals surface area contributed by atoms with Crippen LogP contribution in [-0.2, 0) is 19.6 Å². The fraction of sp³-hybridized carbons (Fsp3) is 0.208. The van der Waals surface area contributed by atoms with Crippen LogP contribution in [0.3, 0.4) is 0 Å². The maximum absolute atomic E-state index is 12.3. The van der Waals surface area contributed by atoms with Gasteiger partial charge < -0.3 is 4.90 Å². The quantitative estimate of drug-likeness (QED) is 0.499.